The van der Waals surface area contributed by atoms with Crippen LogP contribution in [0.25, 0.3) is 0 Å². The van der Waals surface area contributed by atoms with Crippen LogP contribution in [0.5, 0.6) is 0 Å². The number of carbonyl (C=O) groups is 2. The number of fused-ring (bicyclic) bond motifs is 1. The smallest absolute Gasteiger partial charge is 0.238 e. The fraction of sp³-hybridized carbons (Fsp3) is 0.758. The minimum atomic E-state index is -0.830. The number of nitrogens with one attached hydrogen (secondary N) is 4. The number of piperidine rings is 1. The summed E-state index contributed by atoms with van der Waals surface area (Å²) in [5.41, 5.74) is 8.00. The van der Waals surface area contributed by atoms with E-state index >= 15 is 0 Å². The molecule has 1 aliphatic heterocycles. The molecule has 11 nitrogen and oxygen atoms in total. The van der Waals surface area contributed by atoms with Gasteiger partial charge in [0.05, 0.1) is 36.5 Å². The zero-order valence-electron chi connectivity index (χ0n) is 28.1. The summed E-state index contributed by atoms with van der Waals surface area (Å²) in [4.78, 5) is 32.7. The summed E-state index contributed by atoms with van der Waals surface area (Å²) < 4.78 is 0. The van der Waals surface area contributed by atoms with Crippen molar-refractivity contribution in [3.8, 4) is 0 Å². The van der Waals surface area contributed by atoms with Gasteiger partial charge in [0.1, 0.15) is 0 Å². The molecular formula is C33H60N6O5. The SMILES string of the molecule is CC(C)(C)CNCC(=O)NC(Cc1ccccc1)C(O)CN1CC2CCCCC2CC1C(=O)NC(C)(C)N.CC(C)ONO. The van der Waals surface area contributed by atoms with Crippen molar-refractivity contribution < 1.29 is 24.7 Å². The van der Waals surface area contributed by atoms with Crippen molar-refractivity contribution >= 4 is 11.8 Å². The number of likely N-dealkylation sites (tertiary alicyclic amines) is 1. The largest absolute Gasteiger partial charge is 0.390 e. The summed E-state index contributed by atoms with van der Waals surface area (Å²) in [5, 5.41) is 28.5. The van der Waals surface area contributed by atoms with Gasteiger partial charge in [0.25, 0.3) is 0 Å². The third kappa shape index (κ3) is 14.8. The monoisotopic (exact) mass is 620 g/mol. The Morgan fingerprint density at radius 2 is 1.70 bits per heavy atom. The van der Waals surface area contributed by atoms with Crippen LogP contribution in [0.3, 0.4) is 0 Å². The number of hydrogen-bond donors (Lipinski definition) is 7. The first-order valence-corrected chi connectivity index (χ1v) is 16.2. The summed E-state index contributed by atoms with van der Waals surface area (Å²) >= 11 is 0. The Kier molecular flexibility index (Phi) is 15.7. The van der Waals surface area contributed by atoms with Gasteiger partial charge in [-0.15, -0.1) is 0 Å². The van der Waals surface area contributed by atoms with E-state index in [-0.39, 0.29) is 35.9 Å². The average molecular weight is 621 g/mol. The lowest BCUT2D eigenvalue weighted by Gasteiger charge is -2.47. The quantitative estimate of drug-likeness (QED) is 0.130. The minimum Gasteiger partial charge on any atom is -0.390 e. The number of carbonyl (C=O) groups excluding carboxylic acids is 2. The highest BCUT2D eigenvalue weighted by Gasteiger charge is 2.41. The molecule has 2 amide bonds. The van der Waals surface area contributed by atoms with Gasteiger partial charge in [0.2, 0.25) is 11.8 Å². The van der Waals surface area contributed by atoms with Crippen LogP contribution in [0.2, 0.25) is 0 Å². The van der Waals surface area contributed by atoms with Crippen molar-refractivity contribution in [2.75, 3.05) is 26.2 Å². The number of aliphatic hydroxyl groups is 1. The number of β-amino-alcohol motifs (C(OH)–C–C–N with tert-alkyl or cyclic N) is 1. The molecule has 1 saturated heterocycles. The normalized spacial score (nSPS) is 22.3. The molecule has 1 heterocycles. The molecule has 5 unspecified atom stereocenters. The first-order valence-electron chi connectivity index (χ1n) is 16.2. The lowest BCUT2D eigenvalue weighted by atomic mass is 9.72. The fourth-order valence-electron chi connectivity index (χ4n) is 6.01. The second-order valence-corrected chi connectivity index (χ2v) is 14.6. The van der Waals surface area contributed by atoms with Gasteiger partial charge in [0, 0.05) is 19.6 Å². The van der Waals surface area contributed by atoms with Crippen molar-refractivity contribution in [2.45, 2.75) is 117 Å². The molecule has 1 aliphatic carbocycles. The number of hydrogen-bond acceptors (Lipinski definition) is 9. The summed E-state index contributed by atoms with van der Waals surface area (Å²) in [7, 11) is 0. The summed E-state index contributed by atoms with van der Waals surface area (Å²) in [5.74, 6) is 0.847. The lowest BCUT2D eigenvalue weighted by Crippen LogP contribution is -2.62. The summed E-state index contributed by atoms with van der Waals surface area (Å²) in [6, 6.07) is 9.10. The third-order valence-corrected chi connectivity index (χ3v) is 8.01. The molecule has 0 spiro atoms. The van der Waals surface area contributed by atoms with E-state index in [2.05, 4.69) is 46.5 Å². The van der Waals surface area contributed by atoms with Gasteiger partial charge >= 0.3 is 0 Å². The molecule has 1 aromatic rings. The van der Waals surface area contributed by atoms with E-state index in [0.29, 0.717) is 24.8 Å². The van der Waals surface area contributed by atoms with Gasteiger partial charge in [-0.05, 0) is 69.8 Å². The maximum Gasteiger partial charge on any atom is 0.238 e. The molecule has 8 N–H and O–H groups in total. The predicted molar refractivity (Wildman–Crippen MR) is 173 cm³/mol. The van der Waals surface area contributed by atoms with Crippen LogP contribution in [0, 0.1) is 17.3 Å². The number of nitrogens with zero attached hydrogens (tertiary/aromatic N) is 1. The van der Waals surface area contributed by atoms with Crippen LogP contribution in [0.4, 0.5) is 0 Å². The van der Waals surface area contributed by atoms with Crippen LogP contribution >= 0.6 is 0 Å². The molecule has 11 heteroatoms. The Bertz CT molecular complexity index is 981. The molecule has 5 atom stereocenters. The van der Waals surface area contributed by atoms with Gasteiger partial charge in [-0.2, -0.15) is 0 Å². The molecule has 44 heavy (non-hydrogen) atoms. The van der Waals surface area contributed by atoms with E-state index < -0.39 is 17.8 Å². The van der Waals surface area contributed by atoms with E-state index in [9.17, 15) is 14.7 Å². The maximum atomic E-state index is 13.3. The Balaban J connectivity index is 0.00000102. The van der Waals surface area contributed by atoms with Gasteiger partial charge in [0.15, 0.2) is 0 Å². The van der Waals surface area contributed by atoms with Crippen molar-refractivity contribution in [3.63, 3.8) is 0 Å². The van der Waals surface area contributed by atoms with Crippen LogP contribution in [-0.4, -0.2) is 83.2 Å². The van der Waals surface area contributed by atoms with Gasteiger partial charge in [-0.25, -0.2) is 0 Å². The Hall–Kier alpha value is -2.12. The molecule has 0 radical (unpaired) electrons. The Morgan fingerprint density at radius 3 is 2.25 bits per heavy atom. The number of nitrogens with two attached hydrogens (primary N) is 1. The predicted octanol–water partition coefficient (Wildman–Crippen LogP) is 2.71. The zero-order valence-corrected chi connectivity index (χ0v) is 28.1. The second kappa shape index (κ2) is 18.1. The minimum absolute atomic E-state index is 0.0370. The average Bonchev–Trinajstić information content (AvgIpc) is 2.91. The molecule has 1 aromatic carbocycles. The van der Waals surface area contributed by atoms with Gasteiger partial charge in [-0.1, -0.05) is 76.0 Å². The van der Waals surface area contributed by atoms with Gasteiger partial charge < -0.3 is 26.8 Å². The van der Waals surface area contributed by atoms with E-state index in [0.717, 1.165) is 37.9 Å². The van der Waals surface area contributed by atoms with Crippen LogP contribution < -0.4 is 27.3 Å². The van der Waals surface area contributed by atoms with Crippen LogP contribution in [0.15, 0.2) is 30.3 Å². The molecule has 3 rings (SSSR count). The van der Waals surface area contributed by atoms with Crippen molar-refractivity contribution in [3.05, 3.63) is 35.9 Å². The van der Waals surface area contributed by atoms with E-state index in [1.165, 1.54) is 12.8 Å². The molecule has 0 aromatic heterocycles. The van der Waals surface area contributed by atoms with Crippen molar-refractivity contribution in [1.29, 1.82) is 0 Å². The molecule has 2 aliphatic rings. The Labute approximate surface area is 265 Å². The highest BCUT2D eigenvalue weighted by atomic mass is 16.8. The molecule has 0 bridgehead atoms. The maximum absolute atomic E-state index is 13.3. The Morgan fingerprint density at radius 1 is 1.07 bits per heavy atom. The van der Waals surface area contributed by atoms with Gasteiger partial charge in [-0.3, -0.25) is 24.5 Å². The lowest BCUT2D eigenvalue weighted by molar-refractivity contribution is -0.152. The first-order chi connectivity index (χ1) is 20.6. The number of amides is 2. The first kappa shape index (κ1) is 38.1. The van der Waals surface area contributed by atoms with Crippen LogP contribution in [0.1, 0.15) is 86.1 Å². The van der Waals surface area contributed by atoms with Crippen molar-refractivity contribution in [2.24, 2.45) is 23.0 Å². The highest BCUT2D eigenvalue weighted by molar-refractivity contribution is 5.82. The van der Waals surface area contributed by atoms with Crippen molar-refractivity contribution in [1.82, 2.24) is 26.5 Å². The number of aliphatic hydroxyl groups excluding tert-OH is 1. The number of benzene rings is 1. The molecule has 2 fully saturated rings. The highest BCUT2D eigenvalue weighted by Crippen LogP contribution is 2.38. The summed E-state index contributed by atoms with van der Waals surface area (Å²) in [6.45, 7) is 15.6. The zero-order chi connectivity index (χ0) is 32.9. The van der Waals surface area contributed by atoms with E-state index in [4.69, 9.17) is 10.9 Å². The molecule has 1 saturated carbocycles. The topological polar surface area (TPSA) is 161 Å². The number of rotatable bonds is 13. The second-order valence-electron chi connectivity index (χ2n) is 14.6. The van der Waals surface area contributed by atoms with E-state index in [1.54, 1.807) is 19.5 Å². The molecule has 252 valence electrons. The van der Waals surface area contributed by atoms with Crippen LogP contribution in [-0.2, 0) is 20.8 Å². The molecular weight excluding hydrogens is 560 g/mol. The third-order valence-electron chi connectivity index (χ3n) is 8.01. The fourth-order valence-corrected chi connectivity index (χ4v) is 6.01. The standard InChI is InChI=1S/C30H51N5O3.C3H9NO2/c1-29(2,3)20-32-17-27(37)33-24(15-21-11-7-6-8-12-21)26(36)19-35-18-23-14-10-9-13-22(23)16-25(35)28(38)34-30(4,5)31;1-3(2)6-4-5/h6-8,11-12,22-26,32,36H,9-10,13-20,31H2,1-5H3,(H,33,37)(H,34,38);3-5H,1-2H3. The summed E-state index contributed by atoms with van der Waals surface area (Å²) in [6.07, 6.45) is 5.26. The van der Waals surface area contributed by atoms with E-state index in [1.807, 2.05) is 44.2 Å².